The molecular formula is C33H30. The Bertz CT molecular complexity index is 1240. The molecule has 0 saturated heterocycles. The second-order valence-electron chi connectivity index (χ2n) is 9.77. The summed E-state index contributed by atoms with van der Waals surface area (Å²) >= 11 is 0. The summed E-state index contributed by atoms with van der Waals surface area (Å²) < 4.78 is 0. The van der Waals surface area contributed by atoms with E-state index >= 15 is 0 Å². The van der Waals surface area contributed by atoms with Gasteiger partial charge in [0, 0.05) is 5.92 Å². The van der Waals surface area contributed by atoms with Crippen molar-refractivity contribution in [3.8, 4) is 0 Å². The van der Waals surface area contributed by atoms with Crippen LogP contribution in [-0.4, -0.2) is 0 Å². The first-order valence-electron chi connectivity index (χ1n) is 12.3. The van der Waals surface area contributed by atoms with Crippen LogP contribution in [0.25, 0.3) is 11.6 Å². The molecule has 0 aliphatic heterocycles. The average Bonchev–Trinajstić information content (AvgIpc) is 3.45. The van der Waals surface area contributed by atoms with Crippen LogP contribution in [0.3, 0.4) is 0 Å². The Morgan fingerprint density at radius 3 is 2.03 bits per heavy atom. The molecule has 0 radical (unpaired) electrons. The lowest BCUT2D eigenvalue weighted by atomic mass is 9.83. The number of benzene rings is 4. The summed E-state index contributed by atoms with van der Waals surface area (Å²) in [6, 6.07) is 38.0. The number of hydrogen-bond acceptors (Lipinski definition) is 0. The maximum Gasteiger partial charge on any atom is 0.0126 e. The van der Waals surface area contributed by atoms with Crippen LogP contribution in [0.15, 0.2) is 103 Å². The van der Waals surface area contributed by atoms with Gasteiger partial charge in [0.1, 0.15) is 0 Å². The summed E-state index contributed by atoms with van der Waals surface area (Å²) in [6.07, 6.45) is 6.42. The van der Waals surface area contributed by atoms with Crippen LogP contribution in [0.5, 0.6) is 0 Å². The van der Waals surface area contributed by atoms with E-state index in [1.165, 1.54) is 52.7 Å². The number of aryl methyl sites for hydroxylation is 1. The summed E-state index contributed by atoms with van der Waals surface area (Å²) in [5, 5.41) is 0. The largest absolute Gasteiger partial charge is 0.0622 e. The van der Waals surface area contributed by atoms with Crippen molar-refractivity contribution in [1.29, 1.82) is 0 Å². The lowest BCUT2D eigenvalue weighted by molar-refractivity contribution is 0.476. The monoisotopic (exact) mass is 426 g/mol. The number of fused-ring (bicyclic) bond motifs is 3. The van der Waals surface area contributed by atoms with E-state index in [1.807, 2.05) is 0 Å². The molecule has 0 N–H and O–H groups in total. The fourth-order valence-electron chi connectivity index (χ4n) is 6.26. The van der Waals surface area contributed by atoms with Crippen LogP contribution in [0.1, 0.15) is 70.0 Å². The first-order valence-corrected chi connectivity index (χ1v) is 12.3. The minimum atomic E-state index is 0.550. The molecule has 0 heteroatoms. The molecule has 1 fully saturated rings. The average molecular weight is 427 g/mol. The molecule has 4 aromatic rings. The minimum absolute atomic E-state index is 0.550. The Labute approximate surface area is 197 Å². The van der Waals surface area contributed by atoms with Gasteiger partial charge >= 0.3 is 0 Å². The van der Waals surface area contributed by atoms with Crippen molar-refractivity contribution < 1.29 is 0 Å². The van der Waals surface area contributed by atoms with Crippen molar-refractivity contribution in [3.63, 3.8) is 0 Å². The van der Waals surface area contributed by atoms with Gasteiger partial charge < -0.3 is 0 Å². The van der Waals surface area contributed by atoms with Crippen molar-refractivity contribution >= 4 is 11.6 Å². The zero-order chi connectivity index (χ0) is 22.2. The van der Waals surface area contributed by atoms with Gasteiger partial charge in [0.15, 0.2) is 0 Å². The second-order valence-corrected chi connectivity index (χ2v) is 9.77. The van der Waals surface area contributed by atoms with E-state index in [0.29, 0.717) is 5.92 Å². The van der Waals surface area contributed by atoms with E-state index in [2.05, 4.69) is 116 Å². The van der Waals surface area contributed by atoms with Gasteiger partial charge in [0.05, 0.1) is 0 Å². The van der Waals surface area contributed by atoms with Crippen LogP contribution >= 0.6 is 0 Å². The molecule has 0 heterocycles. The van der Waals surface area contributed by atoms with E-state index in [0.717, 1.165) is 11.8 Å². The Morgan fingerprint density at radius 2 is 1.36 bits per heavy atom. The molecule has 1 saturated carbocycles. The van der Waals surface area contributed by atoms with Gasteiger partial charge in [0.25, 0.3) is 0 Å². The van der Waals surface area contributed by atoms with Crippen molar-refractivity contribution in [2.24, 2.45) is 5.92 Å². The first-order chi connectivity index (χ1) is 16.3. The number of rotatable bonds is 4. The Balaban J connectivity index is 1.37. The van der Waals surface area contributed by atoms with Crippen LogP contribution in [0.2, 0.25) is 0 Å². The summed E-state index contributed by atoms with van der Waals surface area (Å²) in [5.41, 5.74) is 11.1. The fraction of sp³-hybridized carbons (Fsp3) is 0.212. The highest BCUT2D eigenvalue weighted by molar-refractivity contribution is 5.91. The van der Waals surface area contributed by atoms with E-state index in [-0.39, 0.29) is 0 Å². The van der Waals surface area contributed by atoms with Crippen LogP contribution in [-0.2, 0) is 0 Å². The van der Waals surface area contributed by atoms with E-state index in [4.69, 9.17) is 0 Å². The molecule has 2 aliphatic rings. The molecule has 33 heavy (non-hydrogen) atoms. The molecule has 2 aliphatic carbocycles. The minimum Gasteiger partial charge on any atom is -0.0622 e. The van der Waals surface area contributed by atoms with E-state index < -0.39 is 0 Å². The smallest absolute Gasteiger partial charge is 0.0126 e. The Hall–Kier alpha value is -3.38. The topological polar surface area (TPSA) is 0 Å². The predicted molar refractivity (Wildman–Crippen MR) is 139 cm³/mol. The molecule has 3 atom stereocenters. The van der Waals surface area contributed by atoms with Gasteiger partial charge in [-0.3, -0.25) is 0 Å². The van der Waals surface area contributed by atoms with Gasteiger partial charge in [-0.05, 0) is 76.6 Å². The third-order valence-electron chi connectivity index (χ3n) is 7.75. The molecule has 0 bridgehead atoms. The predicted octanol–water partition coefficient (Wildman–Crippen LogP) is 8.61. The summed E-state index contributed by atoms with van der Waals surface area (Å²) in [6.45, 7) is 2.23. The Kier molecular flexibility index (Phi) is 5.23. The zero-order valence-electron chi connectivity index (χ0n) is 19.2. The zero-order valence-corrected chi connectivity index (χ0v) is 19.2. The first kappa shape index (κ1) is 20.2. The van der Waals surface area contributed by atoms with Gasteiger partial charge in [0.2, 0.25) is 0 Å². The maximum atomic E-state index is 2.46. The van der Waals surface area contributed by atoms with Gasteiger partial charge in [-0.2, -0.15) is 0 Å². The maximum absolute atomic E-state index is 2.46. The molecule has 4 aromatic carbocycles. The summed E-state index contributed by atoms with van der Waals surface area (Å²) in [4.78, 5) is 0. The van der Waals surface area contributed by atoms with E-state index in [1.54, 1.807) is 11.1 Å². The fourth-order valence-corrected chi connectivity index (χ4v) is 6.26. The summed E-state index contributed by atoms with van der Waals surface area (Å²) in [5.74, 6) is 2.08. The molecule has 0 aromatic heterocycles. The molecule has 0 spiro atoms. The quantitative estimate of drug-likeness (QED) is 0.287. The van der Waals surface area contributed by atoms with Gasteiger partial charge in [-0.25, -0.2) is 0 Å². The van der Waals surface area contributed by atoms with Crippen molar-refractivity contribution in [2.45, 2.75) is 38.0 Å². The highest BCUT2D eigenvalue weighted by Gasteiger charge is 2.43. The third-order valence-corrected chi connectivity index (χ3v) is 7.75. The van der Waals surface area contributed by atoms with Crippen molar-refractivity contribution in [3.05, 3.63) is 142 Å². The highest BCUT2D eigenvalue weighted by Crippen LogP contribution is 2.57. The van der Waals surface area contributed by atoms with E-state index in [9.17, 15) is 0 Å². The molecular weight excluding hydrogens is 396 g/mol. The van der Waals surface area contributed by atoms with Crippen molar-refractivity contribution in [2.75, 3.05) is 0 Å². The normalized spacial score (nSPS) is 20.8. The van der Waals surface area contributed by atoms with Crippen molar-refractivity contribution in [1.82, 2.24) is 0 Å². The van der Waals surface area contributed by atoms with Gasteiger partial charge in [-0.1, -0.05) is 115 Å². The lowest BCUT2D eigenvalue weighted by Crippen LogP contribution is -2.08. The molecule has 6 rings (SSSR count). The molecule has 3 unspecified atom stereocenters. The SMILES string of the molecule is Cc1ccc2c(c1)C1CCCC1C2c1ccc(C=C(c2ccccc2)c2ccccc2)cc1. The standard InChI is InChI=1S/C33H30/c1-23-15-20-30-32(21-23)28-13-8-14-29(28)33(30)27-18-16-24(17-19-27)22-31(25-9-4-2-5-10-25)26-11-6-3-7-12-26/h2-7,9-12,15-22,28-29,33H,8,13-14H2,1H3. The van der Waals surface area contributed by atoms with Gasteiger partial charge in [-0.15, -0.1) is 0 Å². The Morgan fingerprint density at radius 1 is 0.697 bits per heavy atom. The second kappa shape index (κ2) is 8.52. The van der Waals surface area contributed by atoms with Crippen LogP contribution in [0.4, 0.5) is 0 Å². The highest BCUT2D eigenvalue weighted by atomic mass is 14.5. The molecule has 0 amide bonds. The van der Waals surface area contributed by atoms with Crippen LogP contribution in [0, 0.1) is 12.8 Å². The molecule has 162 valence electrons. The number of hydrogen-bond donors (Lipinski definition) is 0. The lowest BCUT2D eigenvalue weighted by Gasteiger charge is -2.20. The van der Waals surface area contributed by atoms with Crippen LogP contribution < -0.4 is 0 Å². The summed E-state index contributed by atoms with van der Waals surface area (Å²) in [7, 11) is 0. The molecule has 0 nitrogen and oxygen atoms in total. The third kappa shape index (κ3) is 3.74.